The maximum atomic E-state index is 14.5. The lowest BCUT2D eigenvalue weighted by Crippen LogP contribution is -2.70. The number of thiazole rings is 1. The van der Waals surface area contributed by atoms with Gasteiger partial charge in [0.1, 0.15) is 35.1 Å². The van der Waals surface area contributed by atoms with Crippen LogP contribution in [0.15, 0.2) is 40.1 Å². The number of benzene rings is 1. The van der Waals surface area contributed by atoms with Crippen LogP contribution in [-0.4, -0.2) is 166 Å². The first-order valence-electron chi connectivity index (χ1n) is 23.6. The van der Waals surface area contributed by atoms with Gasteiger partial charge in [0.15, 0.2) is 12.6 Å². The number of carbonyl (C=O) groups excluding carboxylic acids is 1. The summed E-state index contributed by atoms with van der Waals surface area (Å²) >= 11 is 7.53. The molecule has 3 aliphatic rings. The highest BCUT2D eigenvalue weighted by Crippen LogP contribution is 2.43. The lowest BCUT2D eigenvalue weighted by atomic mass is 9.75. The van der Waals surface area contributed by atoms with Crippen molar-refractivity contribution >= 4 is 38.9 Å². The molecule has 0 aliphatic carbocycles. The van der Waals surface area contributed by atoms with Crippen LogP contribution < -0.4 is 10.6 Å². The van der Waals surface area contributed by atoms with Gasteiger partial charge in [0.05, 0.1) is 58.1 Å². The monoisotopic (exact) mass is 1020 g/mol. The van der Waals surface area contributed by atoms with Gasteiger partial charge in [-0.05, 0) is 104 Å². The number of sulfonamides is 1. The Morgan fingerprint density at radius 2 is 1.68 bits per heavy atom. The molecule has 18 atom stereocenters. The second kappa shape index (κ2) is 22.9. The Bertz CT molecular complexity index is 2040. The van der Waals surface area contributed by atoms with Gasteiger partial charge in [-0.2, -0.15) is 4.31 Å². The number of esters is 1. The molecule has 0 saturated carbocycles. The summed E-state index contributed by atoms with van der Waals surface area (Å²) in [6, 6.07) is 3.98. The molecule has 2 aromatic rings. The molecule has 0 spiro atoms. The van der Waals surface area contributed by atoms with Crippen LogP contribution in [0.25, 0.3) is 0 Å². The molecule has 388 valence electrons. The van der Waals surface area contributed by atoms with Crippen molar-refractivity contribution in [1.82, 2.24) is 19.9 Å². The summed E-state index contributed by atoms with van der Waals surface area (Å²) in [4.78, 5) is 18.8. The van der Waals surface area contributed by atoms with Gasteiger partial charge in [0.2, 0.25) is 10.0 Å². The lowest BCUT2D eigenvalue weighted by molar-refractivity contribution is -0.336. The van der Waals surface area contributed by atoms with E-state index in [9.17, 15) is 38.7 Å². The van der Waals surface area contributed by atoms with Crippen LogP contribution in [0.3, 0.4) is 0 Å². The number of carbonyl (C=O) groups is 1. The number of likely N-dealkylation sites (N-methyl/N-ethyl adjacent to an activating group) is 1. The molecule has 5 rings (SSSR count). The van der Waals surface area contributed by atoms with E-state index >= 15 is 0 Å². The molecule has 18 nitrogen and oxygen atoms in total. The molecule has 0 radical (unpaired) electrons. The Hall–Kier alpha value is -1.96. The van der Waals surface area contributed by atoms with Gasteiger partial charge in [-0.15, -0.1) is 11.3 Å². The molecule has 68 heavy (non-hydrogen) atoms. The van der Waals surface area contributed by atoms with Crippen LogP contribution in [0.4, 0.5) is 0 Å². The largest absolute Gasteiger partial charge is 0.459 e. The molecule has 0 unspecified atom stereocenters. The SMILES string of the molecule is CC[C@H]1OC(=O)[C@H](C)[C@@H](O[C@H]2C[C@@](C)(OC)[C@](O)(CNCc3cscn3)[C@H](C)O2)[C@H](C)[C@@H](O[C@@H]2O[C@H](C)C[C@H](N(C)S(=O)(=O)c3ccc(Cl)cc3)[C@H]2O)[C@](C)(O)C[C@@H](C)CN[C@H](C)[C@@H](O)[C@]1(C)O. The van der Waals surface area contributed by atoms with Crippen molar-refractivity contribution in [3.63, 3.8) is 0 Å². The third kappa shape index (κ3) is 12.4. The summed E-state index contributed by atoms with van der Waals surface area (Å²) in [6.45, 7) is 17.6. The fourth-order valence-electron chi connectivity index (χ4n) is 10.3. The third-order valence-corrected chi connectivity index (χ3v) is 17.5. The standard InChI is InChI=1S/C47H77ClN4O14S2/c1-13-36-46(10,57)40(54)30(6)50-21-26(2)19-44(8,56)41(66-43-38(53)35(18-27(3)62-43)52(11)68(59,60)34-16-14-32(48)15-17-34)28(4)39(29(5)42(55)64-36)65-37-20-45(9,61-12)47(58,31(7)63-37)24-49-22-33-23-67-25-51-33/h14-17,23,25-31,35-41,43,49-50,53-54,56-58H,13,18-22,24H2,1-12H3/t26-,27-,28+,29-,30-,31+,35+,36-,37+,38-,39+,40-,41-,43+,44-,45-,46-,47+/m1/s1. The summed E-state index contributed by atoms with van der Waals surface area (Å²) in [5, 5.41) is 69.2. The van der Waals surface area contributed by atoms with E-state index in [2.05, 4.69) is 15.6 Å². The van der Waals surface area contributed by atoms with Crippen LogP contribution in [0.1, 0.15) is 101 Å². The number of hydrogen-bond donors (Lipinski definition) is 7. The average Bonchev–Trinajstić information content (AvgIpc) is 3.80. The van der Waals surface area contributed by atoms with Crippen molar-refractivity contribution in [3.8, 4) is 0 Å². The van der Waals surface area contributed by atoms with Crippen LogP contribution in [0.2, 0.25) is 5.02 Å². The van der Waals surface area contributed by atoms with Crippen molar-refractivity contribution in [2.75, 3.05) is 27.2 Å². The van der Waals surface area contributed by atoms with E-state index in [1.165, 1.54) is 56.7 Å². The lowest BCUT2D eigenvalue weighted by Gasteiger charge is -2.53. The Balaban J connectivity index is 1.55. The minimum Gasteiger partial charge on any atom is -0.459 e. The predicted molar refractivity (Wildman–Crippen MR) is 255 cm³/mol. The molecule has 3 aliphatic heterocycles. The Morgan fingerprint density at radius 3 is 2.28 bits per heavy atom. The van der Waals surface area contributed by atoms with Crippen LogP contribution in [0, 0.1) is 17.8 Å². The minimum absolute atomic E-state index is 0.0211. The van der Waals surface area contributed by atoms with Gasteiger partial charge in [0, 0.05) is 56.0 Å². The topological polar surface area (TPSA) is 248 Å². The number of ether oxygens (including phenoxy) is 6. The second-order valence-electron chi connectivity index (χ2n) is 20.1. The number of aliphatic hydroxyl groups excluding tert-OH is 2. The highest BCUT2D eigenvalue weighted by molar-refractivity contribution is 7.89. The zero-order chi connectivity index (χ0) is 50.7. The number of halogens is 1. The summed E-state index contributed by atoms with van der Waals surface area (Å²) in [7, 11) is -1.30. The third-order valence-electron chi connectivity index (χ3n) is 14.7. The first-order chi connectivity index (χ1) is 31.6. The number of rotatable bonds is 13. The highest BCUT2D eigenvalue weighted by Gasteiger charge is 2.58. The summed E-state index contributed by atoms with van der Waals surface area (Å²) in [5.41, 5.74) is -3.98. The van der Waals surface area contributed by atoms with Crippen molar-refractivity contribution in [3.05, 3.63) is 45.9 Å². The van der Waals surface area contributed by atoms with Crippen molar-refractivity contribution in [2.45, 2.75) is 196 Å². The van der Waals surface area contributed by atoms with Gasteiger partial charge in [-0.1, -0.05) is 32.4 Å². The first-order valence-corrected chi connectivity index (χ1v) is 26.3. The van der Waals surface area contributed by atoms with Gasteiger partial charge >= 0.3 is 5.97 Å². The molecule has 3 saturated heterocycles. The summed E-state index contributed by atoms with van der Waals surface area (Å²) in [6.07, 6.45) is -10.5. The molecule has 4 heterocycles. The van der Waals surface area contributed by atoms with E-state index in [0.717, 1.165) is 10.00 Å². The van der Waals surface area contributed by atoms with Gasteiger partial charge in [-0.25, -0.2) is 13.4 Å². The number of aromatic nitrogens is 1. The molecule has 1 aromatic heterocycles. The van der Waals surface area contributed by atoms with Crippen LogP contribution >= 0.6 is 22.9 Å². The smallest absolute Gasteiger partial charge is 0.311 e. The van der Waals surface area contributed by atoms with Gasteiger partial charge < -0.3 is 64.6 Å². The Labute approximate surface area is 411 Å². The number of methoxy groups -OCH3 is 1. The quantitative estimate of drug-likeness (QED) is 0.142. The minimum atomic E-state index is -4.16. The second-order valence-corrected chi connectivity index (χ2v) is 23.3. The maximum absolute atomic E-state index is 14.5. The normalized spacial score (nSPS) is 41.7. The molecule has 0 amide bonds. The number of nitrogens with zero attached hydrogens (tertiary/aromatic N) is 2. The van der Waals surface area contributed by atoms with Crippen molar-refractivity contribution in [1.29, 1.82) is 0 Å². The zero-order valence-electron chi connectivity index (χ0n) is 41.5. The van der Waals surface area contributed by atoms with E-state index in [4.69, 9.17) is 40.0 Å². The van der Waals surface area contributed by atoms with E-state index in [1.54, 1.807) is 60.9 Å². The van der Waals surface area contributed by atoms with Crippen LogP contribution in [-0.2, 0) is 49.8 Å². The number of nitrogens with one attached hydrogen (secondary N) is 2. The molecule has 1 aromatic carbocycles. The first kappa shape index (κ1) is 56.9. The molecular formula is C47H77ClN4O14S2. The average molecular weight is 1020 g/mol. The van der Waals surface area contributed by atoms with Gasteiger partial charge in [-0.3, -0.25) is 4.79 Å². The summed E-state index contributed by atoms with van der Waals surface area (Å²) < 4.78 is 67.5. The maximum Gasteiger partial charge on any atom is 0.311 e. The molecule has 7 N–H and O–H groups in total. The fourth-order valence-corrected chi connectivity index (χ4v) is 12.3. The Morgan fingerprint density at radius 1 is 1.01 bits per heavy atom. The van der Waals surface area contributed by atoms with E-state index < -0.39 is 118 Å². The zero-order valence-corrected chi connectivity index (χ0v) is 43.9. The highest BCUT2D eigenvalue weighted by atomic mass is 35.5. The summed E-state index contributed by atoms with van der Waals surface area (Å²) in [5.74, 6) is -3.21. The molecule has 0 bridgehead atoms. The molecular weight excluding hydrogens is 944 g/mol. The number of aliphatic hydroxyl groups is 5. The van der Waals surface area contributed by atoms with E-state index in [-0.39, 0.29) is 49.6 Å². The van der Waals surface area contributed by atoms with E-state index in [1.807, 2.05) is 12.3 Å². The predicted octanol–water partition coefficient (Wildman–Crippen LogP) is 3.59. The number of cyclic esters (lactones) is 1. The van der Waals surface area contributed by atoms with Crippen molar-refractivity contribution in [2.24, 2.45) is 17.8 Å². The van der Waals surface area contributed by atoms with E-state index in [0.29, 0.717) is 11.6 Å². The molecule has 21 heteroatoms. The molecule has 3 fully saturated rings. The van der Waals surface area contributed by atoms with Crippen LogP contribution in [0.5, 0.6) is 0 Å². The Kier molecular flexibility index (Phi) is 19.1. The van der Waals surface area contributed by atoms with Crippen molar-refractivity contribution < 1.29 is 67.2 Å². The van der Waals surface area contributed by atoms with Gasteiger partial charge in [0.25, 0.3) is 0 Å². The number of hydrogen-bond acceptors (Lipinski definition) is 18. The fraction of sp³-hybridized carbons (Fsp3) is 0.787.